The lowest BCUT2D eigenvalue weighted by Gasteiger charge is -2.21. The molecule has 18 heavy (non-hydrogen) atoms. The van der Waals surface area contributed by atoms with E-state index in [1.54, 1.807) is 4.90 Å². The van der Waals surface area contributed by atoms with Crippen molar-refractivity contribution in [3.05, 3.63) is 34.9 Å². The van der Waals surface area contributed by atoms with Crippen molar-refractivity contribution in [1.29, 1.82) is 0 Å². The summed E-state index contributed by atoms with van der Waals surface area (Å²) in [5.41, 5.74) is 3.44. The largest absolute Gasteiger partial charge is 0.396 e. The predicted molar refractivity (Wildman–Crippen MR) is 73.6 cm³/mol. The zero-order valence-corrected chi connectivity index (χ0v) is 11.6. The molecule has 0 saturated carbocycles. The molecule has 0 saturated heterocycles. The van der Waals surface area contributed by atoms with Crippen molar-refractivity contribution < 1.29 is 9.90 Å². The van der Waals surface area contributed by atoms with Gasteiger partial charge in [0, 0.05) is 19.7 Å². The Morgan fingerprint density at radius 2 is 2.06 bits per heavy atom. The molecule has 1 aromatic rings. The molecule has 0 atom stereocenters. The third-order valence-corrected chi connectivity index (χ3v) is 3.17. The van der Waals surface area contributed by atoms with Gasteiger partial charge < -0.3 is 10.0 Å². The van der Waals surface area contributed by atoms with Crippen LogP contribution >= 0.6 is 0 Å². The topological polar surface area (TPSA) is 40.5 Å². The van der Waals surface area contributed by atoms with Gasteiger partial charge in [0.2, 0.25) is 5.91 Å². The van der Waals surface area contributed by atoms with Crippen LogP contribution in [0.3, 0.4) is 0 Å². The van der Waals surface area contributed by atoms with Gasteiger partial charge in [0.05, 0.1) is 6.42 Å². The van der Waals surface area contributed by atoms with Crippen LogP contribution in [0.25, 0.3) is 0 Å². The quantitative estimate of drug-likeness (QED) is 0.838. The van der Waals surface area contributed by atoms with Crippen molar-refractivity contribution >= 4 is 5.91 Å². The van der Waals surface area contributed by atoms with Crippen LogP contribution in [-0.4, -0.2) is 35.6 Å². The molecule has 0 fully saturated rings. The molecule has 0 aliphatic rings. The van der Waals surface area contributed by atoms with Crippen LogP contribution in [0.2, 0.25) is 0 Å². The molecule has 0 radical (unpaired) electrons. The summed E-state index contributed by atoms with van der Waals surface area (Å²) in [7, 11) is 0. The lowest BCUT2D eigenvalue weighted by atomic mass is 10.0. The number of aryl methyl sites for hydroxylation is 2. The Kier molecular flexibility index (Phi) is 5.86. The first-order chi connectivity index (χ1) is 8.58. The molecule has 1 rings (SSSR count). The van der Waals surface area contributed by atoms with Crippen molar-refractivity contribution in [3.63, 3.8) is 0 Å². The molecule has 0 heterocycles. The lowest BCUT2D eigenvalue weighted by Crippen LogP contribution is -2.33. The Morgan fingerprint density at radius 3 is 2.67 bits per heavy atom. The van der Waals surface area contributed by atoms with E-state index >= 15 is 0 Å². The SMILES string of the molecule is CCN(CCCO)C(=O)Cc1cc(C)ccc1C. The molecule has 1 N–H and O–H groups in total. The Bertz CT molecular complexity index is 401. The average Bonchev–Trinajstić information content (AvgIpc) is 2.35. The number of likely N-dealkylation sites (N-methyl/N-ethyl adjacent to an activating group) is 1. The van der Waals surface area contributed by atoms with E-state index in [2.05, 4.69) is 18.2 Å². The Labute approximate surface area is 109 Å². The van der Waals surface area contributed by atoms with Gasteiger partial charge in [-0.3, -0.25) is 4.79 Å². The number of amides is 1. The molecule has 0 aromatic heterocycles. The van der Waals surface area contributed by atoms with Crippen molar-refractivity contribution in [1.82, 2.24) is 4.90 Å². The van der Waals surface area contributed by atoms with Crippen LogP contribution in [0.4, 0.5) is 0 Å². The second-order valence-electron chi connectivity index (χ2n) is 4.66. The number of carbonyl (C=O) groups excluding carboxylic acids is 1. The van der Waals surface area contributed by atoms with Gasteiger partial charge in [-0.15, -0.1) is 0 Å². The van der Waals surface area contributed by atoms with Crippen LogP contribution in [0.15, 0.2) is 18.2 Å². The predicted octanol–water partition coefficient (Wildman–Crippen LogP) is 2.08. The van der Waals surface area contributed by atoms with Crippen molar-refractivity contribution in [2.75, 3.05) is 19.7 Å². The van der Waals surface area contributed by atoms with Gasteiger partial charge in [0.25, 0.3) is 0 Å². The maximum Gasteiger partial charge on any atom is 0.226 e. The van der Waals surface area contributed by atoms with Gasteiger partial charge in [0.15, 0.2) is 0 Å². The van der Waals surface area contributed by atoms with Crippen LogP contribution in [0, 0.1) is 13.8 Å². The Balaban J connectivity index is 2.70. The second kappa shape index (κ2) is 7.17. The summed E-state index contributed by atoms with van der Waals surface area (Å²) in [5, 5.41) is 8.82. The fraction of sp³-hybridized carbons (Fsp3) is 0.533. The zero-order chi connectivity index (χ0) is 13.5. The maximum absolute atomic E-state index is 12.2. The molecular weight excluding hydrogens is 226 g/mol. The van der Waals surface area contributed by atoms with Gasteiger partial charge in [-0.2, -0.15) is 0 Å². The molecule has 1 aromatic carbocycles. The van der Waals surface area contributed by atoms with Gasteiger partial charge in [0.1, 0.15) is 0 Å². The summed E-state index contributed by atoms with van der Waals surface area (Å²) < 4.78 is 0. The summed E-state index contributed by atoms with van der Waals surface area (Å²) in [6, 6.07) is 6.20. The fourth-order valence-corrected chi connectivity index (χ4v) is 1.99. The third kappa shape index (κ3) is 4.15. The normalized spacial score (nSPS) is 10.4. The van der Waals surface area contributed by atoms with E-state index in [-0.39, 0.29) is 12.5 Å². The first kappa shape index (κ1) is 14.7. The number of rotatable bonds is 6. The lowest BCUT2D eigenvalue weighted by molar-refractivity contribution is -0.130. The fourth-order valence-electron chi connectivity index (χ4n) is 1.99. The summed E-state index contributed by atoms with van der Waals surface area (Å²) in [6.07, 6.45) is 1.10. The van der Waals surface area contributed by atoms with E-state index in [0.717, 1.165) is 11.1 Å². The number of carbonyl (C=O) groups is 1. The second-order valence-corrected chi connectivity index (χ2v) is 4.66. The molecule has 1 amide bonds. The summed E-state index contributed by atoms with van der Waals surface area (Å²) in [4.78, 5) is 14.0. The van der Waals surface area contributed by atoms with Gasteiger partial charge in [-0.05, 0) is 38.3 Å². The zero-order valence-electron chi connectivity index (χ0n) is 11.6. The molecule has 3 nitrogen and oxygen atoms in total. The third-order valence-electron chi connectivity index (χ3n) is 3.17. The Hall–Kier alpha value is -1.35. The number of benzene rings is 1. The van der Waals surface area contributed by atoms with Crippen LogP contribution in [-0.2, 0) is 11.2 Å². The van der Waals surface area contributed by atoms with Gasteiger partial charge >= 0.3 is 0 Å². The number of hydrogen-bond donors (Lipinski definition) is 1. The molecule has 0 aliphatic heterocycles. The van der Waals surface area contributed by atoms with E-state index in [1.807, 2.05) is 20.8 Å². The summed E-state index contributed by atoms with van der Waals surface area (Å²) in [6.45, 7) is 7.51. The van der Waals surface area contributed by atoms with E-state index in [1.165, 1.54) is 5.56 Å². The van der Waals surface area contributed by atoms with Crippen LogP contribution in [0.1, 0.15) is 30.0 Å². The maximum atomic E-state index is 12.2. The van der Waals surface area contributed by atoms with E-state index in [9.17, 15) is 4.79 Å². The average molecular weight is 249 g/mol. The van der Waals surface area contributed by atoms with Crippen LogP contribution in [0.5, 0.6) is 0 Å². The first-order valence-electron chi connectivity index (χ1n) is 6.53. The first-order valence-corrected chi connectivity index (χ1v) is 6.53. The highest BCUT2D eigenvalue weighted by Crippen LogP contribution is 2.12. The van der Waals surface area contributed by atoms with E-state index < -0.39 is 0 Å². The van der Waals surface area contributed by atoms with E-state index in [0.29, 0.717) is 25.9 Å². The molecule has 0 unspecified atom stereocenters. The molecule has 0 spiro atoms. The minimum absolute atomic E-state index is 0.132. The van der Waals surface area contributed by atoms with Crippen molar-refractivity contribution in [2.24, 2.45) is 0 Å². The van der Waals surface area contributed by atoms with Gasteiger partial charge in [-0.1, -0.05) is 23.8 Å². The van der Waals surface area contributed by atoms with Crippen molar-refractivity contribution in [2.45, 2.75) is 33.6 Å². The number of nitrogens with zero attached hydrogens (tertiary/aromatic N) is 1. The monoisotopic (exact) mass is 249 g/mol. The molecule has 100 valence electrons. The highest BCUT2D eigenvalue weighted by atomic mass is 16.3. The van der Waals surface area contributed by atoms with Crippen LogP contribution < -0.4 is 0 Å². The van der Waals surface area contributed by atoms with Crippen molar-refractivity contribution in [3.8, 4) is 0 Å². The molecule has 0 bridgehead atoms. The van der Waals surface area contributed by atoms with E-state index in [4.69, 9.17) is 5.11 Å². The number of hydrogen-bond acceptors (Lipinski definition) is 2. The molecular formula is C15H23NO2. The number of aliphatic hydroxyl groups excluding tert-OH is 1. The Morgan fingerprint density at radius 1 is 1.33 bits per heavy atom. The highest BCUT2D eigenvalue weighted by Gasteiger charge is 2.13. The minimum Gasteiger partial charge on any atom is -0.396 e. The standard InChI is InChI=1S/C15H23NO2/c1-4-16(8-5-9-17)15(18)11-14-10-12(2)6-7-13(14)3/h6-7,10,17H,4-5,8-9,11H2,1-3H3. The summed E-state index contributed by atoms with van der Waals surface area (Å²) >= 11 is 0. The molecule has 0 aliphatic carbocycles. The smallest absolute Gasteiger partial charge is 0.226 e. The summed E-state index contributed by atoms with van der Waals surface area (Å²) in [5.74, 6) is 0.139. The number of aliphatic hydroxyl groups is 1. The highest BCUT2D eigenvalue weighted by molar-refractivity contribution is 5.79. The van der Waals surface area contributed by atoms with Gasteiger partial charge in [-0.25, -0.2) is 0 Å². The minimum atomic E-state index is 0.132. The molecule has 3 heteroatoms.